The molecule has 0 radical (unpaired) electrons. The van der Waals surface area contributed by atoms with Gasteiger partial charge in [0.2, 0.25) is 0 Å². The maximum Gasteiger partial charge on any atom is 0.356 e. The Morgan fingerprint density at radius 3 is 2.63 bits per heavy atom. The van der Waals surface area contributed by atoms with Crippen molar-refractivity contribution in [1.29, 1.82) is 0 Å². The topological polar surface area (TPSA) is 64.3 Å². The van der Waals surface area contributed by atoms with Crippen LogP contribution in [0.25, 0.3) is 16.9 Å². The molecule has 1 N–H and O–H groups in total. The molecule has 0 spiro atoms. The number of carboxylic acids is 1. The van der Waals surface area contributed by atoms with Crippen molar-refractivity contribution in [1.82, 2.24) is 9.78 Å². The first-order valence-corrected chi connectivity index (χ1v) is 8.76. The number of hydrogen-bond donors (Lipinski definition) is 1. The molecule has 2 heterocycles. The number of carbonyl (C=O) groups is 1. The average Bonchev–Trinajstić information content (AvgIpc) is 2.96. The molecule has 0 saturated heterocycles. The van der Waals surface area contributed by atoms with E-state index in [2.05, 4.69) is 5.10 Å². The number of hydrogen-bond acceptors (Lipinski definition) is 3. The Hall–Kier alpha value is -2.57. The maximum absolute atomic E-state index is 13.8. The van der Waals surface area contributed by atoms with Gasteiger partial charge in [0.25, 0.3) is 0 Å². The number of ether oxygens (including phenoxy) is 1. The van der Waals surface area contributed by atoms with Gasteiger partial charge in [0.05, 0.1) is 22.0 Å². The average molecular weight is 407 g/mol. The van der Waals surface area contributed by atoms with Gasteiger partial charge in [-0.15, -0.1) is 0 Å². The van der Waals surface area contributed by atoms with E-state index in [0.717, 1.165) is 0 Å². The van der Waals surface area contributed by atoms with E-state index >= 15 is 0 Å². The van der Waals surface area contributed by atoms with Gasteiger partial charge in [-0.3, -0.25) is 0 Å². The minimum atomic E-state index is -1.20. The summed E-state index contributed by atoms with van der Waals surface area (Å²) in [7, 11) is 0. The van der Waals surface area contributed by atoms with Crippen LogP contribution in [0.5, 0.6) is 5.75 Å². The zero-order valence-corrected chi connectivity index (χ0v) is 15.8. The summed E-state index contributed by atoms with van der Waals surface area (Å²) in [6.07, 6.45) is 0. The first kappa shape index (κ1) is 17.8. The second kappa shape index (κ2) is 5.97. The van der Waals surface area contributed by atoms with Gasteiger partial charge in [-0.1, -0.05) is 23.2 Å². The molecule has 0 atom stereocenters. The molecular weight excluding hydrogens is 394 g/mol. The van der Waals surface area contributed by atoms with Crippen LogP contribution in [0.3, 0.4) is 0 Å². The third-order valence-corrected chi connectivity index (χ3v) is 4.93. The number of nitrogens with zero attached hydrogens (tertiary/aromatic N) is 2. The van der Waals surface area contributed by atoms with Gasteiger partial charge in [0.1, 0.15) is 17.2 Å². The fourth-order valence-corrected chi connectivity index (χ4v) is 3.80. The molecule has 0 amide bonds. The van der Waals surface area contributed by atoms with Crippen LogP contribution < -0.4 is 4.74 Å². The highest BCUT2D eigenvalue weighted by Gasteiger charge is 2.41. The van der Waals surface area contributed by atoms with Crippen LogP contribution in [0.15, 0.2) is 36.4 Å². The number of halogens is 3. The molecule has 1 aliphatic heterocycles. The molecule has 3 aromatic rings. The third kappa shape index (κ3) is 2.76. The smallest absolute Gasteiger partial charge is 0.356 e. The summed E-state index contributed by atoms with van der Waals surface area (Å²) >= 11 is 12.3. The van der Waals surface area contributed by atoms with Gasteiger partial charge in [-0.05, 0) is 44.2 Å². The number of aromatic carboxylic acids is 1. The van der Waals surface area contributed by atoms with E-state index in [4.69, 9.17) is 27.9 Å². The second-order valence-electron chi connectivity index (χ2n) is 6.64. The molecule has 0 saturated carbocycles. The lowest BCUT2D eigenvalue weighted by Crippen LogP contribution is -2.31. The van der Waals surface area contributed by atoms with Crippen molar-refractivity contribution in [2.75, 3.05) is 0 Å². The summed E-state index contributed by atoms with van der Waals surface area (Å²) < 4.78 is 21.1. The normalized spacial score (nSPS) is 14.3. The van der Waals surface area contributed by atoms with E-state index in [-0.39, 0.29) is 5.69 Å². The fourth-order valence-electron chi connectivity index (χ4n) is 3.32. The number of rotatable bonds is 2. The molecule has 0 bridgehead atoms. The maximum atomic E-state index is 13.8. The van der Waals surface area contributed by atoms with Gasteiger partial charge in [-0.2, -0.15) is 5.10 Å². The molecule has 5 nitrogen and oxygen atoms in total. The highest BCUT2D eigenvalue weighted by Crippen LogP contribution is 2.48. The lowest BCUT2D eigenvalue weighted by molar-refractivity contribution is 0.0664. The molecule has 8 heteroatoms. The van der Waals surface area contributed by atoms with Crippen LogP contribution in [0.4, 0.5) is 4.39 Å². The molecule has 1 aliphatic rings. The molecule has 2 aromatic carbocycles. The molecule has 27 heavy (non-hydrogen) atoms. The van der Waals surface area contributed by atoms with Crippen molar-refractivity contribution < 1.29 is 19.0 Å². The molecule has 0 aliphatic carbocycles. The summed E-state index contributed by atoms with van der Waals surface area (Å²) in [5, 5.41) is 14.7. The van der Waals surface area contributed by atoms with Crippen molar-refractivity contribution in [2.24, 2.45) is 0 Å². The Kier molecular flexibility index (Phi) is 3.94. The SMILES string of the molecule is CC1(C)Oc2cc(F)ccc2-c2c1c(C(=O)O)nn2-c1ccc(Cl)cc1Cl. The summed E-state index contributed by atoms with van der Waals surface area (Å²) in [6, 6.07) is 8.91. The van der Waals surface area contributed by atoms with E-state index in [1.807, 2.05) is 0 Å². The van der Waals surface area contributed by atoms with Crippen molar-refractivity contribution >= 4 is 29.2 Å². The van der Waals surface area contributed by atoms with Crippen molar-refractivity contribution in [3.63, 3.8) is 0 Å². The quantitative estimate of drug-likeness (QED) is 0.625. The number of carboxylic acid groups (broad SMARTS) is 1. The van der Waals surface area contributed by atoms with Crippen molar-refractivity contribution in [2.45, 2.75) is 19.4 Å². The van der Waals surface area contributed by atoms with Gasteiger partial charge < -0.3 is 9.84 Å². The number of benzene rings is 2. The van der Waals surface area contributed by atoms with Crippen molar-refractivity contribution in [3.8, 4) is 22.7 Å². The summed E-state index contributed by atoms with van der Waals surface area (Å²) in [4.78, 5) is 11.9. The van der Waals surface area contributed by atoms with Crippen LogP contribution in [-0.2, 0) is 5.60 Å². The molecular formula is C19H13Cl2FN2O3. The van der Waals surface area contributed by atoms with E-state index in [1.54, 1.807) is 32.0 Å². The van der Waals surface area contributed by atoms with Gasteiger partial charge in [0, 0.05) is 16.7 Å². The van der Waals surface area contributed by atoms with Crippen molar-refractivity contribution in [3.05, 3.63) is 63.5 Å². The van der Waals surface area contributed by atoms with Gasteiger partial charge in [-0.25, -0.2) is 13.9 Å². The van der Waals surface area contributed by atoms with E-state index in [9.17, 15) is 14.3 Å². The lowest BCUT2D eigenvalue weighted by atomic mass is 9.89. The van der Waals surface area contributed by atoms with E-state index in [1.165, 1.54) is 22.9 Å². The minimum Gasteiger partial charge on any atom is -0.482 e. The highest BCUT2D eigenvalue weighted by molar-refractivity contribution is 6.35. The fraction of sp³-hybridized carbons (Fsp3) is 0.158. The zero-order valence-electron chi connectivity index (χ0n) is 14.3. The first-order chi connectivity index (χ1) is 12.7. The Bertz CT molecular complexity index is 1110. The van der Waals surface area contributed by atoms with Gasteiger partial charge >= 0.3 is 5.97 Å². The molecule has 1 aromatic heterocycles. The molecule has 138 valence electrons. The van der Waals surface area contributed by atoms with Crippen LogP contribution >= 0.6 is 23.2 Å². The monoisotopic (exact) mass is 406 g/mol. The summed E-state index contributed by atoms with van der Waals surface area (Å²) in [6.45, 7) is 3.42. The number of fused-ring (bicyclic) bond motifs is 3. The number of aromatic nitrogens is 2. The Balaban J connectivity index is 2.12. The Morgan fingerprint density at radius 2 is 1.96 bits per heavy atom. The standard InChI is InChI=1S/C19H13Cl2FN2O3/c1-19(2)15-16(18(25)26)23-24(13-6-3-9(20)7-12(13)21)17(15)11-5-4-10(22)8-14(11)27-19/h3-8H,1-2H3,(H,25,26). The predicted molar refractivity (Wildman–Crippen MR) is 99.6 cm³/mol. The zero-order chi connectivity index (χ0) is 19.5. The molecule has 0 fully saturated rings. The largest absolute Gasteiger partial charge is 0.482 e. The third-order valence-electron chi connectivity index (χ3n) is 4.39. The summed E-state index contributed by atoms with van der Waals surface area (Å²) in [5.74, 6) is -1.35. The summed E-state index contributed by atoms with van der Waals surface area (Å²) in [5.41, 5.74) is 0.662. The molecule has 0 unspecified atom stereocenters. The Morgan fingerprint density at radius 1 is 1.22 bits per heavy atom. The first-order valence-electron chi connectivity index (χ1n) is 8.00. The van der Waals surface area contributed by atoms with Crippen LogP contribution in [0, 0.1) is 5.82 Å². The van der Waals surface area contributed by atoms with Crippen LogP contribution in [0.1, 0.15) is 29.9 Å². The predicted octanol–water partition coefficient (Wildman–Crippen LogP) is 5.31. The minimum absolute atomic E-state index is 0.156. The second-order valence-corrected chi connectivity index (χ2v) is 7.48. The Labute approximate surface area is 163 Å². The van der Waals surface area contributed by atoms with Gasteiger partial charge in [0.15, 0.2) is 5.69 Å². The van der Waals surface area contributed by atoms with Crippen LogP contribution in [0.2, 0.25) is 10.0 Å². The van der Waals surface area contributed by atoms with Crippen LogP contribution in [-0.4, -0.2) is 20.9 Å². The lowest BCUT2D eigenvalue weighted by Gasteiger charge is -2.33. The van der Waals surface area contributed by atoms with E-state index < -0.39 is 17.4 Å². The highest BCUT2D eigenvalue weighted by atomic mass is 35.5. The van der Waals surface area contributed by atoms with E-state index in [0.29, 0.717) is 38.3 Å². The molecule has 4 rings (SSSR count).